The number of alkyl halides is 1. The molecule has 2 rings (SSSR count). The maximum Gasteiger partial charge on any atom is 0.227 e. The van der Waals surface area contributed by atoms with Crippen LogP contribution in [0.4, 0.5) is 0 Å². The Hall–Kier alpha value is -0.610. The molecule has 1 aromatic rings. The van der Waals surface area contributed by atoms with Gasteiger partial charge < -0.3 is 9.26 Å². The minimum absolute atomic E-state index is 0.303. The number of rotatable bonds is 5. The molecule has 1 aromatic heterocycles. The lowest BCUT2D eigenvalue weighted by Crippen LogP contribution is -2.27. The molecule has 0 radical (unpaired) electrons. The van der Waals surface area contributed by atoms with Crippen molar-refractivity contribution in [2.45, 2.75) is 44.6 Å². The quantitative estimate of drug-likeness (QED) is 0.748. The van der Waals surface area contributed by atoms with E-state index in [9.17, 15) is 0 Å². The zero-order valence-corrected chi connectivity index (χ0v) is 10.3. The molecule has 1 fully saturated rings. The van der Waals surface area contributed by atoms with E-state index in [2.05, 4.69) is 10.1 Å². The summed E-state index contributed by atoms with van der Waals surface area (Å²) in [7, 11) is 0. The van der Waals surface area contributed by atoms with E-state index in [0.717, 1.165) is 12.8 Å². The molecule has 0 amide bonds. The molecule has 4 nitrogen and oxygen atoms in total. The molecule has 0 saturated heterocycles. The van der Waals surface area contributed by atoms with Gasteiger partial charge in [-0.1, -0.05) is 5.16 Å². The number of aryl methyl sites for hydroxylation is 1. The van der Waals surface area contributed by atoms with Crippen LogP contribution >= 0.6 is 11.6 Å². The topological polar surface area (TPSA) is 48.2 Å². The van der Waals surface area contributed by atoms with Crippen LogP contribution < -0.4 is 0 Å². The van der Waals surface area contributed by atoms with Gasteiger partial charge >= 0.3 is 0 Å². The Morgan fingerprint density at radius 1 is 1.44 bits per heavy atom. The molecule has 1 heterocycles. The van der Waals surface area contributed by atoms with Crippen molar-refractivity contribution < 1.29 is 9.26 Å². The first kappa shape index (κ1) is 11.9. The van der Waals surface area contributed by atoms with Crippen molar-refractivity contribution in [1.82, 2.24) is 10.1 Å². The predicted octanol–water partition coefficient (Wildman–Crippen LogP) is 2.66. The van der Waals surface area contributed by atoms with E-state index in [-0.39, 0.29) is 5.60 Å². The minimum atomic E-state index is -0.303. The number of halogens is 1. The van der Waals surface area contributed by atoms with Crippen molar-refractivity contribution in [2.24, 2.45) is 0 Å². The Morgan fingerprint density at radius 3 is 2.81 bits per heavy atom. The fraction of sp³-hybridized carbons (Fsp3) is 0.818. The fourth-order valence-corrected chi connectivity index (χ4v) is 2.44. The Balaban J connectivity index is 2.18. The predicted molar refractivity (Wildman–Crippen MR) is 60.5 cm³/mol. The summed E-state index contributed by atoms with van der Waals surface area (Å²) in [5, 5.41) is 4.04. The van der Waals surface area contributed by atoms with Gasteiger partial charge in [-0.25, -0.2) is 0 Å². The second kappa shape index (κ2) is 5.15. The lowest BCUT2D eigenvalue weighted by Gasteiger charge is -2.24. The summed E-state index contributed by atoms with van der Waals surface area (Å²) in [6.45, 7) is 2.68. The van der Waals surface area contributed by atoms with Gasteiger partial charge in [0.15, 0.2) is 0 Å². The molecule has 1 aliphatic carbocycles. The third-order valence-electron chi connectivity index (χ3n) is 3.02. The van der Waals surface area contributed by atoms with Crippen LogP contribution in [0.3, 0.4) is 0 Å². The first-order chi connectivity index (χ1) is 7.80. The zero-order chi connectivity index (χ0) is 11.4. The lowest BCUT2D eigenvalue weighted by molar-refractivity contribution is -0.0469. The van der Waals surface area contributed by atoms with E-state index in [1.807, 2.05) is 6.92 Å². The highest BCUT2D eigenvalue weighted by molar-refractivity contribution is 6.17. The molecule has 90 valence electrons. The third-order valence-corrected chi connectivity index (χ3v) is 3.20. The monoisotopic (exact) mass is 244 g/mol. The molecule has 0 unspecified atom stereocenters. The van der Waals surface area contributed by atoms with Gasteiger partial charge in [-0.2, -0.15) is 4.98 Å². The van der Waals surface area contributed by atoms with Crippen LogP contribution in [0.15, 0.2) is 4.52 Å². The molecule has 0 atom stereocenters. The molecular weight excluding hydrogens is 228 g/mol. The highest BCUT2D eigenvalue weighted by Crippen LogP contribution is 2.40. The van der Waals surface area contributed by atoms with Crippen LogP contribution in [0.25, 0.3) is 0 Å². The normalized spacial score (nSPS) is 19.1. The smallest absolute Gasteiger partial charge is 0.227 e. The summed E-state index contributed by atoms with van der Waals surface area (Å²) < 4.78 is 11.0. The van der Waals surface area contributed by atoms with Crippen LogP contribution in [0.2, 0.25) is 0 Å². The first-order valence-electron chi connectivity index (χ1n) is 5.84. The van der Waals surface area contributed by atoms with E-state index in [0.29, 0.717) is 30.6 Å². The van der Waals surface area contributed by atoms with Crippen molar-refractivity contribution in [3.63, 3.8) is 0 Å². The molecule has 0 aliphatic heterocycles. The van der Waals surface area contributed by atoms with Crippen LogP contribution in [0.1, 0.15) is 44.3 Å². The second-order valence-electron chi connectivity index (χ2n) is 4.09. The molecule has 16 heavy (non-hydrogen) atoms. The number of hydrogen-bond donors (Lipinski definition) is 0. The Kier molecular flexibility index (Phi) is 3.82. The minimum Gasteiger partial charge on any atom is -0.367 e. The van der Waals surface area contributed by atoms with Gasteiger partial charge in [-0.05, 0) is 32.6 Å². The van der Waals surface area contributed by atoms with Gasteiger partial charge in [0.2, 0.25) is 11.7 Å². The molecular formula is C11H17ClN2O2. The van der Waals surface area contributed by atoms with E-state index >= 15 is 0 Å². The Morgan fingerprint density at radius 2 is 2.19 bits per heavy atom. The van der Waals surface area contributed by atoms with E-state index in [1.165, 1.54) is 12.8 Å². The van der Waals surface area contributed by atoms with E-state index < -0.39 is 0 Å². The second-order valence-corrected chi connectivity index (χ2v) is 4.46. The number of hydrogen-bond acceptors (Lipinski definition) is 4. The number of nitrogens with zero attached hydrogens (tertiary/aromatic N) is 2. The summed E-state index contributed by atoms with van der Waals surface area (Å²) in [5.74, 6) is 1.81. The zero-order valence-electron chi connectivity index (χ0n) is 9.54. The summed E-state index contributed by atoms with van der Waals surface area (Å²) in [4.78, 5) is 4.39. The molecule has 0 aromatic carbocycles. The standard InChI is InChI=1S/C11H17ClN2O2/c1-2-15-11(6-3-4-7-11)10-13-9(5-8-12)16-14-10/h2-8H2,1H3. The van der Waals surface area contributed by atoms with Crippen LogP contribution in [0.5, 0.6) is 0 Å². The van der Waals surface area contributed by atoms with Crippen LogP contribution in [-0.2, 0) is 16.8 Å². The molecule has 5 heteroatoms. The maximum atomic E-state index is 5.85. The highest BCUT2D eigenvalue weighted by atomic mass is 35.5. The molecule has 0 spiro atoms. The highest BCUT2D eigenvalue weighted by Gasteiger charge is 2.40. The van der Waals surface area contributed by atoms with Crippen molar-refractivity contribution in [2.75, 3.05) is 12.5 Å². The average molecular weight is 245 g/mol. The largest absolute Gasteiger partial charge is 0.367 e. The molecule has 0 N–H and O–H groups in total. The first-order valence-corrected chi connectivity index (χ1v) is 6.37. The lowest BCUT2D eigenvalue weighted by atomic mass is 10.0. The number of ether oxygens (including phenoxy) is 1. The van der Waals surface area contributed by atoms with E-state index in [1.54, 1.807) is 0 Å². The van der Waals surface area contributed by atoms with Gasteiger partial charge in [0.05, 0.1) is 0 Å². The summed E-state index contributed by atoms with van der Waals surface area (Å²) >= 11 is 5.64. The summed E-state index contributed by atoms with van der Waals surface area (Å²) in [6.07, 6.45) is 4.93. The Labute approximate surface area is 100 Å². The summed E-state index contributed by atoms with van der Waals surface area (Å²) in [6, 6.07) is 0. The molecule has 1 aliphatic rings. The molecule has 1 saturated carbocycles. The van der Waals surface area contributed by atoms with Crippen LogP contribution in [0, 0.1) is 0 Å². The van der Waals surface area contributed by atoms with Crippen molar-refractivity contribution in [1.29, 1.82) is 0 Å². The fourth-order valence-electron chi connectivity index (χ4n) is 2.28. The molecule has 0 bridgehead atoms. The van der Waals surface area contributed by atoms with Gasteiger partial charge in [0.1, 0.15) is 5.60 Å². The van der Waals surface area contributed by atoms with Gasteiger partial charge in [-0.3, -0.25) is 0 Å². The van der Waals surface area contributed by atoms with Gasteiger partial charge in [0, 0.05) is 18.9 Å². The summed E-state index contributed by atoms with van der Waals surface area (Å²) in [5.41, 5.74) is -0.303. The van der Waals surface area contributed by atoms with E-state index in [4.69, 9.17) is 20.9 Å². The SMILES string of the molecule is CCOC1(c2noc(CCCl)n2)CCCC1. The average Bonchev–Trinajstić information content (AvgIpc) is 2.88. The van der Waals surface area contributed by atoms with Crippen molar-refractivity contribution in [3.8, 4) is 0 Å². The van der Waals surface area contributed by atoms with Gasteiger partial charge in [0.25, 0.3) is 0 Å². The van der Waals surface area contributed by atoms with Gasteiger partial charge in [-0.15, -0.1) is 11.6 Å². The number of aromatic nitrogens is 2. The van der Waals surface area contributed by atoms with Crippen LogP contribution in [-0.4, -0.2) is 22.6 Å². The Bertz CT molecular complexity index is 334. The third kappa shape index (κ3) is 2.23. The van der Waals surface area contributed by atoms with Crippen molar-refractivity contribution >= 4 is 11.6 Å². The van der Waals surface area contributed by atoms with Crippen molar-refractivity contribution in [3.05, 3.63) is 11.7 Å². The maximum absolute atomic E-state index is 5.85.